The van der Waals surface area contributed by atoms with E-state index in [2.05, 4.69) is 20.8 Å². The van der Waals surface area contributed by atoms with Gasteiger partial charge in [-0.25, -0.2) is 0 Å². The molecule has 0 bridgehead atoms. The molecule has 3 aromatic rings. The Kier molecular flexibility index (Phi) is 5.59. The predicted octanol–water partition coefficient (Wildman–Crippen LogP) is 4.65. The molecule has 144 valence electrons. The van der Waals surface area contributed by atoms with E-state index in [0.29, 0.717) is 16.9 Å². The summed E-state index contributed by atoms with van der Waals surface area (Å²) in [6.07, 6.45) is 0. The molecule has 0 atom stereocenters. The molecule has 1 heterocycles. The second-order valence-electron chi connectivity index (χ2n) is 7.12. The number of aromatic amines is 1. The summed E-state index contributed by atoms with van der Waals surface area (Å²) in [6, 6.07) is 14.4. The average Bonchev–Trinajstić information content (AvgIpc) is 3.16. The van der Waals surface area contributed by atoms with Crippen LogP contribution in [-0.2, 0) is 0 Å². The van der Waals surface area contributed by atoms with E-state index < -0.39 is 0 Å². The number of nitrogens with one attached hydrogen (secondary N) is 3. The number of H-pyrrole nitrogens is 1. The van der Waals surface area contributed by atoms with Crippen molar-refractivity contribution in [3.05, 3.63) is 76.6 Å². The molecular weight excluding hydrogens is 352 g/mol. The standard InChI is InChI=1S/C22H24N4O2/c1-13(2)18-12-19(26-25-18)22(28)23-17-10-8-16(9-11-17)21(27)24-20-14(3)6-5-7-15(20)4/h5-13H,1-4H3,(H,23,28)(H,24,27)(H,25,26). The Morgan fingerprint density at radius 1 is 0.929 bits per heavy atom. The van der Waals surface area contributed by atoms with Gasteiger partial charge in [0.15, 0.2) is 5.69 Å². The first-order valence-electron chi connectivity index (χ1n) is 9.19. The van der Waals surface area contributed by atoms with Crippen molar-refractivity contribution in [2.24, 2.45) is 0 Å². The maximum absolute atomic E-state index is 12.5. The molecule has 2 amide bonds. The molecule has 0 saturated carbocycles. The van der Waals surface area contributed by atoms with Crippen molar-refractivity contribution in [2.75, 3.05) is 10.6 Å². The maximum atomic E-state index is 12.5. The zero-order valence-corrected chi connectivity index (χ0v) is 16.5. The minimum absolute atomic E-state index is 0.191. The van der Waals surface area contributed by atoms with Crippen LogP contribution < -0.4 is 10.6 Å². The number of amides is 2. The van der Waals surface area contributed by atoms with Gasteiger partial charge in [0.2, 0.25) is 0 Å². The molecule has 3 N–H and O–H groups in total. The first-order valence-corrected chi connectivity index (χ1v) is 9.19. The number of para-hydroxylation sites is 1. The highest BCUT2D eigenvalue weighted by Gasteiger charge is 2.13. The summed E-state index contributed by atoms with van der Waals surface area (Å²) in [5.74, 6) is -0.219. The third kappa shape index (κ3) is 4.28. The normalized spacial score (nSPS) is 10.8. The van der Waals surface area contributed by atoms with E-state index in [1.54, 1.807) is 30.3 Å². The van der Waals surface area contributed by atoms with Crippen LogP contribution >= 0.6 is 0 Å². The fourth-order valence-corrected chi connectivity index (χ4v) is 2.85. The van der Waals surface area contributed by atoms with Crippen molar-refractivity contribution in [3.63, 3.8) is 0 Å². The van der Waals surface area contributed by atoms with Gasteiger partial charge in [-0.3, -0.25) is 14.7 Å². The van der Waals surface area contributed by atoms with Gasteiger partial charge in [-0.2, -0.15) is 5.10 Å². The lowest BCUT2D eigenvalue weighted by atomic mass is 10.1. The minimum Gasteiger partial charge on any atom is -0.322 e. The Labute approximate surface area is 164 Å². The van der Waals surface area contributed by atoms with Crippen LogP contribution in [-0.4, -0.2) is 22.0 Å². The molecule has 3 rings (SSSR count). The zero-order valence-electron chi connectivity index (χ0n) is 16.5. The third-order valence-electron chi connectivity index (χ3n) is 4.58. The van der Waals surface area contributed by atoms with E-state index in [0.717, 1.165) is 22.5 Å². The second kappa shape index (κ2) is 8.08. The highest BCUT2D eigenvalue weighted by atomic mass is 16.2. The van der Waals surface area contributed by atoms with Crippen LogP contribution in [0.15, 0.2) is 48.5 Å². The van der Waals surface area contributed by atoms with Gasteiger partial charge >= 0.3 is 0 Å². The Hall–Kier alpha value is -3.41. The van der Waals surface area contributed by atoms with Crippen LogP contribution in [0.3, 0.4) is 0 Å². The number of rotatable bonds is 5. The highest BCUT2D eigenvalue weighted by molar-refractivity contribution is 6.06. The number of aryl methyl sites for hydroxylation is 2. The molecule has 0 aliphatic heterocycles. The van der Waals surface area contributed by atoms with Gasteiger partial charge in [0, 0.05) is 22.6 Å². The van der Waals surface area contributed by atoms with E-state index in [9.17, 15) is 9.59 Å². The molecule has 0 fully saturated rings. The van der Waals surface area contributed by atoms with E-state index in [4.69, 9.17) is 0 Å². The first kappa shape index (κ1) is 19.4. The van der Waals surface area contributed by atoms with Gasteiger partial charge in [-0.05, 0) is 61.2 Å². The predicted molar refractivity (Wildman–Crippen MR) is 111 cm³/mol. The number of carbonyl (C=O) groups is 2. The number of hydrogen-bond donors (Lipinski definition) is 3. The van der Waals surface area contributed by atoms with Gasteiger partial charge in [0.25, 0.3) is 11.8 Å². The zero-order chi connectivity index (χ0) is 20.3. The van der Waals surface area contributed by atoms with Gasteiger partial charge in [-0.1, -0.05) is 32.0 Å². The Morgan fingerprint density at radius 2 is 1.57 bits per heavy atom. The van der Waals surface area contributed by atoms with E-state index in [1.807, 2.05) is 45.9 Å². The lowest BCUT2D eigenvalue weighted by Gasteiger charge is -2.12. The van der Waals surface area contributed by atoms with Crippen molar-refractivity contribution in [3.8, 4) is 0 Å². The molecule has 0 unspecified atom stereocenters. The molecule has 2 aromatic carbocycles. The topological polar surface area (TPSA) is 86.9 Å². The Bertz CT molecular complexity index is 983. The molecule has 0 aliphatic carbocycles. The third-order valence-corrected chi connectivity index (χ3v) is 4.58. The van der Waals surface area contributed by atoms with Crippen molar-refractivity contribution in [2.45, 2.75) is 33.6 Å². The van der Waals surface area contributed by atoms with Crippen LogP contribution in [0.25, 0.3) is 0 Å². The quantitative estimate of drug-likeness (QED) is 0.605. The maximum Gasteiger partial charge on any atom is 0.276 e. The molecule has 6 nitrogen and oxygen atoms in total. The lowest BCUT2D eigenvalue weighted by molar-refractivity contribution is 0.101. The smallest absolute Gasteiger partial charge is 0.276 e. The number of anilines is 2. The number of carbonyl (C=O) groups excluding carboxylic acids is 2. The second-order valence-corrected chi connectivity index (χ2v) is 7.12. The summed E-state index contributed by atoms with van der Waals surface area (Å²) in [4.78, 5) is 24.8. The van der Waals surface area contributed by atoms with Crippen LogP contribution in [0.5, 0.6) is 0 Å². The summed E-state index contributed by atoms with van der Waals surface area (Å²) in [5, 5.41) is 12.7. The van der Waals surface area contributed by atoms with Gasteiger partial charge in [0.05, 0.1) is 0 Å². The van der Waals surface area contributed by atoms with Gasteiger partial charge < -0.3 is 10.6 Å². The fraction of sp³-hybridized carbons (Fsp3) is 0.227. The molecule has 1 aromatic heterocycles. The molecule has 0 radical (unpaired) electrons. The van der Waals surface area contributed by atoms with Crippen molar-refractivity contribution >= 4 is 23.2 Å². The number of nitrogens with zero attached hydrogens (tertiary/aromatic N) is 1. The number of aromatic nitrogens is 2. The highest BCUT2D eigenvalue weighted by Crippen LogP contribution is 2.21. The largest absolute Gasteiger partial charge is 0.322 e. The van der Waals surface area contributed by atoms with Crippen molar-refractivity contribution < 1.29 is 9.59 Å². The number of hydrogen-bond acceptors (Lipinski definition) is 3. The van der Waals surface area contributed by atoms with Gasteiger partial charge in [-0.15, -0.1) is 0 Å². The SMILES string of the molecule is Cc1cccc(C)c1NC(=O)c1ccc(NC(=O)c2cc(C(C)C)[nH]n2)cc1. The molecular formula is C22H24N4O2. The number of benzene rings is 2. The van der Waals surface area contributed by atoms with Gasteiger partial charge in [0.1, 0.15) is 0 Å². The van der Waals surface area contributed by atoms with Crippen LogP contribution in [0.2, 0.25) is 0 Å². The summed E-state index contributed by atoms with van der Waals surface area (Å²) >= 11 is 0. The van der Waals surface area contributed by atoms with E-state index in [1.165, 1.54) is 0 Å². The van der Waals surface area contributed by atoms with Crippen LogP contribution in [0.4, 0.5) is 11.4 Å². The lowest BCUT2D eigenvalue weighted by Crippen LogP contribution is -2.15. The van der Waals surface area contributed by atoms with E-state index >= 15 is 0 Å². The summed E-state index contributed by atoms with van der Waals surface area (Å²) in [7, 11) is 0. The summed E-state index contributed by atoms with van der Waals surface area (Å²) in [5.41, 5.74) is 5.20. The summed E-state index contributed by atoms with van der Waals surface area (Å²) in [6.45, 7) is 7.97. The van der Waals surface area contributed by atoms with Crippen LogP contribution in [0, 0.1) is 13.8 Å². The molecule has 0 aliphatic rings. The first-order chi connectivity index (χ1) is 13.3. The monoisotopic (exact) mass is 376 g/mol. The molecule has 28 heavy (non-hydrogen) atoms. The minimum atomic E-state index is -0.295. The van der Waals surface area contributed by atoms with E-state index in [-0.39, 0.29) is 17.7 Å². The van der Waals surface area contributed by atoms with Crippen LogP contribution in [0.1, 0.15) is 57.4 Å². The fourth-order valence-electron chi connectivity index (χ4n) is 2.85. The average molecular weight is 376 g/mol. The van der Waals surface area contributed by atoms with Crippen molar-refractivity contribution in [1.82, 2.24) is 10.2 Å². The molecule has 0 saturated heterocycles. The van der Waals surface area contributed by atoms with Crippen molar-refractivity contribution in [1.29, 1.82) is 0 Å². The Morgan fingerprint density at radius 3 is 2.14 bits per heavy atom. The summed E-state index contributed by atoms with van der Waals surface area (Å²) < 4.78 is 0. The Balaban J connectivity index is 1.67. The molecule has 0 spiro atoms. The molecule has 6 heteroatoms.